The number of unbranched alkanes of at least 4 members (excludes halogenated alkanes) is 9. The van der Waals surface area contributed by atoms with Crippen molar-refractivity contribution < 1.29 is 5.73 Å². The molecule has 0 radical (unpaired) electrons. The monoisotopic (exact) mass is 559 g/mol. The van der Waals surface area contributed by atoms with Gasteiger partial charge >= 0.3 is 62.1 Å². The molecular weight excluding hydrogens is 529 g/mol. The SMILES string of the molecule is CC(C)CCCCCCCCCCCC[NH3+].[Cl][Sb-]([Cl])([Cl])([Cl])([Cl])[Cl]. The first-order chi connectivity index (χ1) is 10.2. The van der Waals surface area contributed by atoms with Crippen LogP contribution in [0, 0.1) is 5.92 Å². The van der Waals surface area contributed by atoms with Crippen molar-refractivity contribution in [3.05, 3.63) is 0 Å². The van der Waals surface area contributed by atoms with Gasteiger partial charge in [-0.3, -0.25) is 0 Å². The van der Waals surface area contributed by atoms with Crippen LogP contribution >= 0.6 is 53.0 Å². The van der Waals surface area contributed by atoms with E-state index >= 15 is 0 Å². The fourth-order valence-electron chi connectivity index (χ4n) is 2.14. The van der Waals surface area contributed by atoms with Crippen molar-refractivity contribution in [2.45, 2.75) is 84.5 Å². The predicted octanol–water partition coefficient (Wildman–Crippen LogP) is 7.93. The number of hydrogen-bond donors (Lipinski definition) is 1. The minimum atomic E-state index is -5.42. The molecule has 8 heteroatoms. The summed E-state index contributed by atoms with van der Waals surface area (Å²) in [4.78, 5) is 0. The van der Waals surface area contributed by atoms with Crippen LogP contribution in [0.15, 0.2) is 0 Å². The van der Waals surface area contributed by atoms with Crippen LogP contribution in [0.5, 0.6) is 0 Å². The molecule has 0 aromatic heterocycles. The maximum absolute atomic E-state index is 5.42. The number of hydrogen-bond acceptors (Lipinski definition) is 0. The van der Waals surface area contributed by atoms with Gasteiger partial charge in [-0.25, -0.2) is 0 Å². The molecule has 3 N–H and O–H groups in total. The molecule has 0 aliphatic heterocycles. The molecule has 0 fully saturated rings. The third kappa shape index (κ3) is 51.6. The molecule has 0 bridgehead atoms. The van der Waals surface area contributed by atoms with Crippen LogP contribution in [-0.4, -0.2) is 15.7 Å². The standard InChI is InChI=1S/C15H33N.6ClH.Sb/c1-15(2)13-11-9-7-5-3-4-6-8-10-12-14-16;;;;;;;/h15H,3-14,16H2,1-2H3;6*1H;/q;;;;;;;+5/p-5. The van der Waals surface area contributed by atoms with Gasteiger partial charge in [-0.2, -0.15) is 0 Å². The maximum atomic E-state index is 5.06. The summed E-state index contributed by atoms with van der Waals surface area (Å²) >= 11 is 0. The second kappa shape index (κ2) is 12.8. The summed E-state index contributed by atoms with van der Waals surface area (Å²) in [5.74, 6) is 0.896. The fraction of sp³-hybridized carbons (Fsp3) is 1.00. The Morgan fingerprint density at radius 2 is 0.870 bits per heavy atom. The van der Waals surface area contributed by atoms with Gasteiger partial charge in [0.15, 0.2) is 0 Å². The van der Waals surface area contributed by atoms with E-state index < -0.39 is 9.14 Å². The van der Waals surface area contributed by atoms with Crippen LogP contribution in [0.4, 0.5) is 0 Å². The normalized spacial score (nSPS) is 14.9. The van der Waals surface area contributed by atoms with Gasteiger partial charge in [-0.1, -0.05) is 71.6 Å². The van der Waals surface area contributed by atoms with E-state index in [1.165, 1.54) is 70.6 Å². The molecule has 0 saturated carbocycles. The van der Waals surface area contributed by atoms with E-state index in [4.69, 9.17) is 53.0 Å². The van der Waals surface area contributed by atoms with E-state index in [1.54, 1.807) is 0 Å². The van der Waals surface area contributed by atoms with Crippen LogP contribution < -0.4 is 5.73 Å². The molecule has 1 nitrogen and oxygen atoms in total. The first-order valence-electron chi connectivity index (χ1n) is 8.58. The molecule has 0 unspecified atom stereocenters. The number of rotatable bonds is 12. The molecule has 0 rings (SSSR count). The van der Waals surface area contributed by atoms with Crippen molar-refractivity contribution in [2.75, 3.05) is 6.54 Å². The summed E-state index contributed by atoms with van der Waals surface area (Å²) in [6.45, 7) is 5.77. The van der Waals surface area contributed by atoms with Gasteiger partial charge in [0.05, 0.1) is 6.54 Å². The van der Waals surface area contributed by atoms with Gasteiger partial charge in [-0.05, 0) is 18.8 Å². The Hall–Kier alpha value is 2.52. The number of halogens is 6. The first kappa shape index (κ1) is 27.7. The summed E-state index contributed by atoms with van der Waals surface area (Å²) < 4.78 is 0. The van der Waals surface area contributed by atoms with E-state index in [1.807, 2.05) is 0 Å². The zero-order valence-corrected chi connectivity index (χ0v) is 21.6. The molecule has 0 aromatic rings. The Kier molecular flexibility index (Phi) is 15.5. The van der Waals surface area contributed by atoms with Gasteiger partial charge < -0.3 is 5.73 Å². The van der Waals surface area contributed by atoms with Crippen LogP contribution in [0.25, 0.3) is 0 Å². The van der Waals surface area contributed by atoms with E-state index in [0.717, 1.165) is 12.5 Å². The zero-order valence-electron chi connectivity index (χ0n) is 14.5. The summed E-state index contributed by atoms with van der Waals surface area (Å²) in [6, 6.07) is 0. The van der Waals surface area contributed by atoms with Crippen molar-refractivity contribution >= 4 is 62.1 Å². The third-order valence-corrected chi connectivity index (χ3v) is 3.28. The number of quaternary nitrogens is 1. The van der Waals surface area contributed by atoms with Gasteiger partial charge in [0.1, 0.15) is 0 Å². The van der Waals surface area contributed by atoms with Crippen molar-refractivity contribution in [1.29, 1.82) is 0 Å². The molecule has 0 atom stereocenters. The van der Waals surface area contributed by atoms with Crippen LogP contribution in [-0.2, 0) is 0 Å². The molecule has 146 valence electrons. The molecule has 0 aliphatic carbocycles. The average molecular weight is 563 g/mol. The van der Waals surface area contributed by atoms with Gasteiger partial charge in [0.2, 0.25) is 0 Å². The van der Waals surface area contributed by atoms with E-state index in [9.17, 15) is 0 Å². The van der Waals surface area contributed by atoms with Crippen LogP contribution in [0.3, 0.4) is 0 Å². The quantitative estimate of drug-likeness (QED) is 0.185. The molecule has 0 aliphatic rings. The Morgan fingerprint density at radius 3 is 1.13 bits per heavy atom. The molecule has 0 saturated heterocycles. The van der Waals surface area contributed by atoms with E-state index in [2.05, 4.69) is 19.6 Å². The summed E-state index contributed by atoms with van der Waals surface area (Å²) in [5, 5.41) is 0. The van der Waals surface area contributed by atoms with E-state index in [0.29, 0.717) is 0 Å². The molecular formula is C15H34Cl6NSb. The molecule has 0 spiro atoms. The second-order valence-electron chi connectivity index (χ2n) is 6.53. The Morgan fingerprint density at radius 1 is 0.609 bits per heavy atom. The van der Waals surface area contributed by atoms with Crippen molar-refractivity contribution in [1.82, 2.24) is 0 Å². The van der Waals surface area contributed by atoms with Crippen molar-refractivity contribution in [2.24, 2.45) is 5.92 Å². The van der Waals surface area contributed by atoms with Crippen molar-refractivity contribution in [3.63, 3.8) is 0 Å². The van der Waals surface area contributed by atoms with Crippen LogP contribution in [0.1, 0.15) is 84.5 Å². The topological polar surface area (TPSA) is 27.6 Å². The molecule has 0 aromatic carbocycles. The molecule has 23 heavy (non-hydrogen) atoms. The second-order valence-corrected chi connectivity index (χ2v) is 63.4. The summed E-state index contributed by atoms with van der Waals surface area (Å²) in [7, 11) is 25.0. The van der Waals surface area contributed by atoms with Gasteiger partial charge in [0.25, 0.3) is 0 Å². The average Bonchev–Trinajstić information content (AvgIpc) is 2.32. The Bertz CT molecular complexity index is 264. The van der Waals surface area contributed by atoms with E-state index in [-0.39, 0.29) is 0 Å². The van der Waals surface area contributed by atoms with Crippen LogP contribution in [0.2, 0.25) is 0 Å². The third-order valence-electron chi connectivity index (χ3n) is 3.28. The minimum absolute atomic E-state index is 0.896. The molecule has 0 heterocycles. The Balaban J connectivity index is 0. The summed E-state index contributed by atoms with van der Waals surface area (Å²) in [5.41, 5.74) is 3.87. The van der Waals surface area contributed by atoms with Gasteiger partial charge in [0, 0.05) is 0 Å². The summed E-state index contributed by atoms with van der Waals surface area (Å²) in [6.07, 6.45) is 15.8. The predicted molar refractivity (Wildman–Crippen MR) is 114 cm³/mol. The zero-order chi connectivity index (χ0) is 18.5. The Labute approximate surface area is 163 Å². The van der Waals surface area contributed by atoms with Crippen molar-refractivity contribution in [3.8, 4) is 0 Å². The molecule has 0 amide bonds. The fourth-order valence-corrected chi connectivity index (χ4v) is 2.14. The van der Waals surface area contributed by atoms with Gasteiger partial charge in [-0.15, -0.1) is 0 Å². The first-order valence-corrected chi connectivity index (χ1v) is 28.0.